The molecule has 0 saturated carbocycles. The number of carboxylic acids is 1. The number of hydrogen-bond donors (Lipinski definition) is 4. The van der Waals surface area contributed by atoms with Crippen LogP contribution < -0.4 is 16.0 Å². The number of carbonyl (C=O) groups is 3. The largest absolute Gasteiger partial charge is 0.480 e. The lowest BCUT2D eigenvalue weighted by Crippen LogP contribution is -2.58. The quantitative estimate of drug-likeness (QED) is 0.346. The minimum atomic E-state index is -4.00. The first-order valence-corrected chi connectivity index (χ1v) is 14.1. The van der Waals surface area contributed by atoms with Crippen LogP contribution in [0.4, 0.5) is 4.79 Å². The van der Waals surface area contributed by atoms with E-state index in [-0.39, 0.29) is 23.9 Å². The van der Waals surface area contributed by atoms with E-state index in [1.54, 1.807) is 32.0 Å². The number of amides is 3. The maximum Gasteiger partial charge on any atom is 0.328 e. The van der Waals surface area contributed by atoms with Gasteiger partial charge in [-0.15, -0.1) is 11.8 Å². The number of halogens is 1. The van der Waals surface area contributed by atoms with Gasteiger partial charge in [0.1, 0.15) is 12.1 Å². The Kier molecular flexibility index (Phi) is 9.03. The summed E-state index contributed by atoms with van der Waals surface area (Å²) in [5.41, 5.74) is 0.845. The van der Waals surface area contributed by atoms with Crippen LogP contribution in [0.5, 0.6) is 0 Å². The Labute approximate surface area is 222 Å². The zero-order chi connectivity index (χ0) is 26.5. The molecule has 1 heterocycles. The second-order valence-electron chi connectivity index (χ2n) is 8.57. The van der Waals surface area contributed by atoms with E-state index in [0.717, 1.165) is 14.3 Å². The summed E-state index contributed by atoms with van der Waals surface area (Å²) >= 11 is 4.61. The number of aliphatic carboxylic acids is 1. The molecule has 0 aliphatic carbocycles. The van der Waals surface area contributed by atoms with E-state index in [1.165, 1.54) is 23.9 Å². The van der Waals surface area contributed by atoms with Crippen molar-refractivity contribution in [1.29, 1.82) is 0 Å². The molecular formula is C23H27BrN4O6S2. The van der Waals surface area contributed by atoms with Gasteiger partial charge in [-0.25, -0.2) is 18.0 Å². The molecule has 0 bridgehead atoms. The molecule has 0 radical (unpaired) electrons. The van der Waals surface area contributed by atoms with E-state index >= 15 is 0 Å². The van der Waals surface area contributed by atoms with Gasteiger partial charge in [0.2, 0.25) is 15.9 Å². The van der Waals surface area contributed by atoms with Crippen LogP contribution in [0.3, 0.4) is 0 Å². The van der Waals surface area contributed by atoms with Crippen molar-refractivity contribution in [3.63, 3.8) is 0 Å². The van der Waals surface area contributed by atoms with Gasteiger partial charge in [-0.2, -0.15) is 4.31 Å². The zero-order valence-corrected chi connectivity index (χ0v) is 22.8. The minimum absolute atomic E-state index is 0.0385. The predicted molar refractivity (Wildman–Crippen MR) is 140 cm³/mol. The number of nitrogens with zero attached hydrogens (tertiary/aromatic N) is 1. The maximum atomic E-state index is 13.2. The van der Waals surface area contributed by atoms with Gasteiger partial charge in [-0.3, -0.25) is 4.79 Å². The van der Waals surface area contributed by atoms with E-state index in [2.05, 4.69) is 31.9 Å². The molecule has 1 fully saturated rings. The van der Waals surface area contributed by atoms with Gasteiger partial charge in [0, 0.05) is 15.8 Å². The molecule has 0 aromatic heterocycles. The SMILES string of the molecule is CC1(C)SCN(S(=O)(=O)c2ccccc2)C1C(=O)NC(CNC(=O)NCc1ccc(Br)cc1)C(=O)O. The summed E-state index contributed by atoms with van der Waals surface area (Å²) in [5, 5.41) is 17.1. The van der Waals surface area contributed by atoms with Gasteiger partial charge in [0.15, 0.2) is 0 Å². The number of thioether (sulfide) groups is 1. The number of nitrogens with one attached hydrogen (secondary N) is 3. The molecule has 2 aromatic carbocycles. The highest BCUT2D eigenvalue weighted by atomic mass is 79.9. The van der Waals surface area contributed by atoms with Crippen molar-refractivity contribution in [3.8, 4) is 0 Å². The third-order valence-corrected chi connectivity index (χ3v) is 9.45. The maximum absolute atomic E-state index is 13.2. The van der Waals surface area contributed by atoms with Crippen molar-refractivity contribution in [1.82, 2.24) is 20.3 Å². The van der Waals surface area contributed by atoms with Gasteiger partial charge in [-0.1, -0.05) is 46.3 Å². The van der Waals surface area contributed by atoms with E-state index in [0.29, 0.717) is 0 Å². The Hall–Kier alpha value is -2.61. The normalized spacial score (nSPS) is 18.2. The molecule has 4 N–H and O–H groups in total. The van der Waals surface area contributed by atoms with Crippen molar-refractivity contribution in [3.05, 3.63) is 64.6 Å². The first-order chi connectivity index (χ1) is 16.9. The summed E-state index contributed by atoms with van der Waals surface area (Å²) in [6, 6.07) is 11.8. The molecule has 0 spiro atoms. The highest BCUT2D eigenvalue weighted by Gasteiger charge is 2.51. The lowest BCUT2D eigenvalue weighted by molar-refractivity contribution is -0.142. The van der Waals surface area contributed by atoms with Crippen LogP contribution >= 0.6 is 27.7 Å². The van der Waals surface area contributed by atoms with Gasteiger partial charge in [0.05, 0.1) is 17.3 Å². The van der Waals surface area contributed by atoms with Crippen molar-refractivity contribution in [2.75, 3.05) is 12.4 Å². The van der Waals surface area contributed by atoms with Crippen LogP contribution in [0.1, 0.15) is 19.4 Å². The fourth-order valence-electron chi connectivity index (χ4n) is 3.61. The second kappa shape index (κ2) is 11.6. The van der Waals surface area contributed by atoms with Crippen LogP contribution in [0.25, 0.3) is 0 Å². The smallest absolute Gasteiger partial charge is 0.328 e. The molecule has 2 unspecified atom stereocenters. The summed E-state index contributed by atoms with van der Waals surface area (Å²) in [6.07, 6.45) is 0. The Morgan fingerprint density at radius 3 is 2.36 bits per heavy atom. The van der Waals surface area contributed by atoms with Crippen LogP contribution in [0.2, 0.25) is 0 Å². The number of hydrogen-bond acceptors (Lipinski definition) is 6. The molecule has 3 amide bonds. The Balaban J connectivity index is 1.65. The molecule has 1 aliphatic heterocycles. The average molecular weight is 600 g/mol. The van der Waals surface area contributed by atoms with Gasteiger partial charge in [-0.05, 0) is 43.7 Å². The molecule has 3 rings (SSSR count). The molecule has 1 aliphatic rings. The van der Waals surface area contributed by atoms with Gasteiger partial charge >= 0.3 is 12.0 Å². The number of sulfonamides is 1. The first kappa shape index (κ1) is 28.0. The number of benzene rings is 2. The lowest BCUT2D eigenvalue weighted by atomic mass is 10.0. The summed E-state index contributed by atoms with van der Waals surface area (Å²) in [7, 11) is -4.00. The lowest BCUT2D eigenvalue weighted by Gasteiger charge is -2.30. The van der Waals surface area contributed by atoms with Crippen molar-refractivity contribution in [2.45, 2.75) is 42.1 Å². The molecule has 13 heteroatoms. The number of urea groups is 1. The molecule has 36 heavy (non-hydrogen) atoms. The van der Waals surface area contributed by atoms with Crippen molar-refractivity contribution in [2.24, 2.45) is 0 Å². The van der Waals surface area contributed by atoms with Crippen LogP contribution in [-0.4, -0.2) is 65.0 Å². The number of carbonyl (C=O) groups excluding carboxylic acids is 2. The zero-order valence-electron chi connectivity index (χ0n) is 19.6. The summed E-state index contributed by atoms with van der Waals surface area (Å²) in [4.78, 5) is 37.2. The predicted octanol–water partition coefficient (Wildman–Crippen LogP) is 2.36. The summed E-state index contributed by atoms with van der Waals surface area (Å²) < 4.78 is 27.6. The van der Waals surface area contributed by atoms with Crippen molar-refractivity contribution < 1.29 is 27.9 Å². The standard InChI is InChI=1S/C23H27BrN4O6S2/c1-23(2)19(28(14-35-23)36(33,34)17-6-4-3-5-7-17)20(29)27-18(21(30)31)13-26-22(32)25-12-15-8-10-16(24)11-9-15/h3-11,18-19H,12-14H2,1-2H3,(H,27,29)(H,30,31)(H2,25,26,32). The first-order valence-electron chi connectivity index (χ1n) is 10.9. The molecule has 2 aromatic rings. The highest BCUT2D eigenvalue weighted by Crippen LogP contribution is 2.42. The highest BCUT2D eigenvalue weighted by molar-refractivity contribution is 9.10. The Bertz CT molecular complexity index is 1210. The van der Waals surface area contributed by atoms with E-state index in [1.807, 2.05) is 24.3 Å². The van der Waals surface area contributed by atoms with Gasteiger partial charge in [0.25, 0.3) is 0 Å². The Morgan fingerprint density at radius 2 is 1.75 bits per heavy atom. The topological polar surface area (TPSA) is 145 Å². The second-order valence-corrected chi connectivity index (χ2v) is 13.0. The minimum Gasteiger partial charge on any atom is -0.480 e. The fraction of sp³-hybridized carbons (Fsp3) is 0.348. The molecular weight excluding hydrogens is 572 g/mol. The summed E-state index contributed by atoms with van der Waals surface area (Å²) in [6.45, 7) is 3.29. The molecule has 2 atom stereocenters. The van der Waals surface area contributed by atoms with Crippen LogP contribution in [-0.2, 0) is 26.2 Å². The van der Waals surface area contributed by atoms with Crippen LogP contribution in [0.15, 0.2) is 64.0 Å². The molecule has 194 valence electrons. The summed E-state index contributed by atoms with van der Waals surface area (Å²) in [5.74, 6) is -2.08. The fourth-order valence-corrected chi connectivity index (χ4v) is 7.06. The van der Waals surface area contributed by atoms with E-state index in [9.17, 15) is 27.9 Å². The third-order valence-electron chi connectivity index (χ3n) is 5.56. The van der Waals surface area contributed by atoms with E-state index in [4.69, 9.17) is 0 Å². The van der Waals surface area contributed by atoms with Crippen LogP contribution in [0, 0.1) is 0 Å². The third kappa shape index (κ3) is 6.78. The average Bonchev–Trinajstić information content (AvgIpc) is 3.17. The Morgan fingerprint density at radius 1 is 1.11 bits per heavy atom. The monoisotopic (exact) mass is 598 g/mol. The van der Waals surface area contributed by atoms with E-state index < -0.39 is 44.8 Å². The number of carboxylic acid groups (broad SMARTS) is 1. The van der Waals surface area contributed by atoms with Crippen molar-refractivity contribution >= 4 is 55.6 Å². The van der Waals surface area contributed by atoms with Gasteiger partial charge < -0.3 is 21.1 Å². The number of rotatable bonds is 9. The molecule has 1 saturated heterocycles. The molecule has 10 nitrogen and oxygen atoms in total.